The molecule has 5 rings (SSSR count). The topological polar surface area (TPSA) is 72.2 Å². The minimum Gasteiger partial charge on any atom is -0.366 e. The van der Waals surface area contributed by atoms with E-state index in [1.165, 1.54) is 6.08 Å². The highest BCUT2D eigenvalue weighted by molar-refractivity contribution is 5.97. The second-order valence-electron chi connectivity index (χ2n) is 9.35. The molecule has 5 aromatic rings. The van der Waals surface area contributed by atoms with Gasteiger partial charge in [-0.1, -0.05) is 62.9 Å². The molecular weight excluding hydrogens is 446 g/mol. The van der Waals surface area contributed by atoms with Gasteiger partial charge in [0.2, 0.25) is 0 Å². The van der Waals surface area contributed by atoms with E-state index in [2.05, 4.69) is 55.1 Å². The molecule has 36 heavy (non-hydrogen) atoms. The Labute approximate surface area is 210 Å². The van der Waals surface area contributed by atoms with Gasteiger partial charge in [0, 0.05) is 47.4 Å². The molecule has 2 aromatic carbocycles. The maximum Gasteiger partial charge on any atom is 0.160 e. The fourth-order valence-corrected chi connectivity index (χ4v) is 4.55. The number of nitrogens with one attached hydrogen (secondary N) is 1. The van der Waals surface area contributed by atoms with Gasteiger partial charge in [0.15, 0.2) is 11.4 Å². The number of anilines is 1. The van der Waals surface area contributed by atoms with Gasteiger partial charge < -0.3 is 5.32 Å². The molecule has 0 aliphatic heterocycles. The predicted molar refractivity (Wildman–Crippen MR) is 145 cm³/mol. The van der Waals surface area contributed by atoms with Crippen LogP contribution >= 0.6 is 0 Å². The van der Waals surface area contributed by atoms with E-state index in [1.54, 1.807) is 0 Å². The maximum atomic E-state index is 11.8. The molecule has 0 radical (unpaired) electrons. The normalized spacial score (nSPS) is 11.3. The van der Waals surface area contributed by atoms with Crippen molar-refractivity contribution in [2.75, 3.05) is 5.32 Å². The van der Waals surface area contributed by atoms with Crippen LogP contribution in [0.5, 0.6) is 0 Å². The van der Waals surface area contributed by atoms with E-state index < -0.39 is 0 Å². The Kier molecular flexibility index (Phi) is 6.34. The summed E-state index contributed by atoms with van der Waals surface area (Å²) < 4.78 is 1.88. The van der Waals surface area contributed by atoms with Gasteiger partial charge in [0.25, 0.3) is 0 Å². The first-order valence-corrected chi connectivity index (χ1v) is 12.1. The van der Waals surface area contributed by atoms with Crippen LogP contribution in [-0.4, -0.2) is 25.4 Å². The molecule has 180 valence electrons. The van der Waals surface area contributed by atoms with Crippen LogP contribution in [0.3, 0.4) is 0 Å². The van der Waals surface area contributed by atoms with Gasteiger partial charge in [-0.2, -0.15) is 9.61 Å². The maximum absolute atomic E-state index is 11.8. The van der Waals surface area contributed by atoms with E-state index in [1.807, 2.05) is 54.2 Å². The second kappa shape index (κ2) is 9.74. The van der Waals surface area contributed by atoms with Crippen LogP contribution in [0.25, 0.3) is 27.7 Å². The van der Waals surface area contributed by atoms with Gasteiger partial charge >= 0.3 is 0 Å². The number of hydrogen-bond donors (Lipinski definition) is 1. The van der Waals surface area contributed by atoms with Crippen molar-refractivity contribution in [2.45, 2.75) is 39.7 Å². The number of nitrogens with zero attached hydrogens (tertiary/aromatic N) is 4. The Morgan fingerprint density at radius 1 is 1.14 bits per heavy atom. The zero-order valence-corrected chi connectivity index (χ0v) is 20.8. The average Bonchev–Trinajstić information content (AvgIpc) is 3.31. The summed E-state index contributed by atoms with van der Waals surface area (Å²) in [7, 11) is 0. The summed E-state index contributed by atoms with van der Waals surface area (Å²) in [5.41, 5.74) is 7.05. The van der Waals surface area contributed by atoms with Crippen molar-refractivity contribution in [3.63, 3.8) is 0 Å². The number of allylic oxidation sites excluding steroid dienone is 1. The highest BCUT2D eigenvalue weighted by atomic mass is 16.1. The molecule has 0 aliphatic carbocycles. The predicted octanol–water partition coefficient (Wildman–Crippen LogP) is 6.29. The molecule has 6 nitrogen and oxygen atoms in total. The van der Waals surface area contributed by atoms with Crippen molar-refractivity contribution in [1.82, 2.24) is 19.6 Å². The summed E-state index contributed by atoms with van der Waals surface area (Å²) in [5.74, 6) is 1.26. The lowest BCUT2D eigenvalue weighted by Crippen LogP contribution is -2.08. The summed E-state index contributed by atoms with van der Waals surface area (Å²) in [6.07, 6.45) is 5.45. The molecule has 0 fully saturated rings. The van der Waals surface area contributed by atoms with Crippen molar-refractivity contribution < 1.29 is 4.79 Å². The number of carbonyl (C=O) groups is 1. The van der Waals surface area contributed by atoms with Gasteiger partial charge in [-0.3, -0.25) is 9.78 Å². The molecule has 0 atom stereocenters. The van der Waals surface area contributed by atoms with Gasteiger partial charge in [0.05, 0.1) is 11.9 Å². The van der Waals surface area contributed by atoms with E-state index in [0.29, 0.717) is 18.9 Å². The molecule has 1 N–H and O–H groups in total. The van der Waals surface area contributed by atoms with Crippen LogP contribution in [0.2, 0.25) is 0 Å². The summed E-state index contributed by atoms with van der Waals surface area (Å²) >= 11 is 0. The number of rotatable bonds is 8. The number of pyridine rings is 1. The minimum absolute atomic E-state index is 0.0122. The zero-order valence-electron chi connectivity index (χ0n) is 20.8. The monoisotopic (exact) mass is 475 g/mol. The highest BCUT2D eigenvalue weighted by Crippen LogP contribution is 2.30. The van der Waals surface area contributed by atoms with Gasteiger partial charge in [-0.25, -0.2) is 4.98 Å². The quantitative estimate of drug-likeness (QED) is 0.267. The van der Waals surface area contributed by atoms with Gasteiger partial charge in [0.1, 0.15) is 5.82 Å². The lowest BCUT2D eigenvalue weighted by Gasteiger charge is -2.14. The first-order valence-electron chi connectivity index (χ1n) is 12.1. The molecule has 0 saturated carbocycles. The van der Waals surface area contributed by atoms with E-state index in [0.717, 1.165) is 55.9 Å². The number of aromatic nitrogens is 4. The molecule has 0 saturated heterocycles. The Morgan fingerprint density at radius 2 is 1.97 bits per heavy atom. The third-order valence-corrected chi connectivity index (χ3v) is 6.42. The van der Waals surface area contributed by atoms with E-state index in [9.17, 15) is 4.79 Å². The van der Waals surface area contributed by atoms with E-state index in [-0.39, 0.29) is 5.78 Å². The number of hydrogen-bond acceptors (Lipinski definition) is 5. The van der Waals surface area contributed by atoms with Crippen LogP contribution < -0.4 is 5.32 Å². The third kappa shape index (κ3) is 4.50. The second-order valence-corrected chi connectivity index (χ2v) is 9.35. The molecule has 3 heterocycles. The van der Waals surface area contributed by atoms with Crippen LogP contribution in [-0.2, 0) is 17.8 Å². The Balaban J connectivity index is 1.49. The number of carbonyl (C=O) groups excluding carboxylic acids is 1. The average molecular weight is 476 g/mol. The van der Waals surface area contributed by atoms with Crippen LogP contribution in [0.4, 0.5) is 5.82 Å². The Morgan fingerprint density at radius 3 is 2.78 bits per heavy atom. The highest BCUT2D eigenvalue weighted by Gasteiger charge is 2.15. The van der Waals surface area contributed by atoms with Gasteiger partial charge in [-0.05, 0) is 41.5 Å². The fraction of sp³-hybridized carbons (Fsp3) is 0.200. The minimum atomic E-state index is 0.0122. The van der Waals surface area contributed by atoms with Crippen LogP contribution in [0, 0.1) is 6.92 Å². The molecule has 0 spiro atoms. The largest absolute Gasteiger partial charge is 0.366 e. The lowest BCUT2D eigenvalue weighted by molar-refractivity contribution is -0.114. The molecule has 0 unspecified atom stereocenters. The number of benzene rings is 2. The van der Waals surface area contributed by atoms with Crippen LogP contribution in [0.15, 0.2) is 79.6 Å². The molecular formula is C30H29N5O. The SMILES string of the molecule is C=CC(=O)Cc1ccc2c(-c3ccccc3CNc3cc(C)nc4c(C(C)C)cnn34)nccc2c1. The smallest absolute Gasteiger partial charge is 0.160 e. The standard InChI is InChI=1S/C30H29N5O/c1-5-24(36)16-21-10-11-26-22(15-21)12-13-31-29(26)25-9-7-6-8-23(25)17-32-28-14-20(4)34-30-27(19(2)3)18-33-35(28)30/h5-15,18-19,32H,1,16-17H2,2-4H3. The summed E-state index contributed by atoms with van der Waals surface area (Å²) in [4.78, 5) is 21.3. The zero-order chi connectivity index (χ0) is 25.2. The van der Waals surface area contributed by atoms with Crippen molar-refractivity contribution in [1.29, 1.82) is 0 Å². The van der Waals surface area contributed by atoms with Crippen molar-refractivity contribution in [3.8, 4) is 11.3 Å². The third-order valence-electron chi connectivity index (χ3n) is 6.42. The molecule has 0 aliphatic rings. The lowest BCUT2D eigenvalue weighted by atomic mass is 9.97. The van der Waals surface area contributed by atoms with E-state index in [4.69, 9.17) is 9.97 Å². The Bertz CT molecular complexity index is 1600. The Hall–Kier alpha value is -4.32. The summed E-state index contributed by atoms with van der Waals surface area (Å²) in [6, 6.07) is 18.4. The molecule has 0 bridgehead atoms. The fourth-order valence-electron chi connectivity index (χ4n) is 4.55. The van der Waals surface area contributed by atoms with Crippen molar-refractivity contribution in [3.05, 3.63) is 102 Å². The van der Waals surface area contributed by atoms with Crippen LogP contribution in [0.1, 0.15) is 42.1 Å². The molecule has 6 heteroatoms. The summed E-state index contributed by atoms with van der Waals surface area (Å²) in [5, 5.41) is 10.3. The molecule has 0 amide bonds. The number of aryl methyl sites for hydroxylation is 1. The summed E-state index contributed by atoms with van der Waals surface area (Å²) in [6.45, 7) is 10.5. The van der Waals surface area contributed by atoms with Crippen molar-refractivity contribution in [2.24, 2.45) is 0 Å². The van der Waals surface area contributed by atoms with E-state index >= 15 is 0 Å². The van der Waals surface area contributed by atoms with Crippen molar-refractivity contribution >= 4 is 28.0 Å². The number of ketones is 1. The first-order chi connectivity index (χ1) is 17.4. The number of fused-ring (bicyclic) bond motifs is 2. The molecule has 3 aromatic heterocycles. The van der Waals surface area contributed by atoms with Gasteiger partial charge in [-0.15, -0.1) is 0 Å². The first kappa shape index (κ1) is 23.4.